The number of carbonyl (C=O) groups excluding carboxylic acids is 1. The van der Waals surface area contributed by atoms with Gasteiger partial charge in [0, 0.05) is 73.1 Å². The van der Waals surface area contributed by atoms with Crippen LogP contribution in [0.1, 0.15) is 69.6 Å². The monoisotopic (exact) mass is 585 g/mol. The number of halogens is 2. The van der Waals surface area contributed by atoms with E-state index in [2.05, 4.69) is 22.3 Å². The Morgan fingerprint density at radius 1 is 1.19 bits per heavy atom. The molecule has 0 radical (unpaired) electrons. The minimum atomic E-state index is -2.73. The summed E-state index contributed by atoms with van der Waals surface area (Å²) in [6, 6.07) is 3.53. The summed E-state index contributed by atoms with van der Waals surface area (Å²) in [5, 5.41) is 13.1. The molecule has 230 valence electrons. The number of alkyl halides is 2. The molecule has 4 N–H and O–H groups in total. The van der Waals surface area contributed by atoms with Crippen LogP contribution in [-0.2, 0) is 11.2 Å². The summed E-state index contributed by atoms with van der Waals surface area (Å²) in [5.74, 6) is 0.220. The number of aliphatic imine (C=N–C) groups is 1. The largest absolute Gasteiger partial charge is 0.444 e. The Kier molecular flexibility index (Phi) is 9.91. The summed E-state index contributed by atoms with van der Waals surface area (Å²) in [4.78, 5) is 22.8. The summed E-state index contributed by atoms with van der Waals surface area (Å²) in [6.45, 7) is 8.67. The average molecular weight is 586 g/mol. The first-order valence-corrected chi connectivity index (χ1v) is 14.7. The van der Waals surface area contributed by atoms with Crippen LogP contribution in [-0.4, -0.2) is 86.4 Å². The Labute approximate surface area is 248 Å². The molecule has 0 atom stereocenters. The van der Waals surface area contributed by atoms with Crippen LogP contribution >= 0.6 is 0 Å². The van der Waals surface area contributed by atoms with Crippen LogP contribution in [0.2, 0.25) is 0 Å². The third-order valence-electron chi connectivity index (χ3n) is 8.01. The van der Waals surface area contributed by atoms with E-state index in [1.54, 1.807) is 18.0 Å². The SMILES string of the molecule is CN=CC(=CN)c1cc2c(cc1C(F)F)N(C(=N)C1=C(NC3CCN(C)CC3)CCN(C(=O)OC(C)(C)C)C1)CCC2. The smallest absolute Gasteiger partial charge is 0.410 e. The van der Waals surface area contributed by atoms with Crippen molar-refractivity contribution in [1.29, 1.82) is 5.41 Å². The van der Waals surface area contributed by atoms with E-state index >= 15 is 0 Å². The summed E-state index contributed by atoms with van der Waals surface area (Å²) in [7, 11) is 3.69. The number of hydrogen-bond acceptors (Lipinski definition) is 7. The summed E-state index contributed by atoms with van der Waals surface area (Å²) >= 11 is 0. The number of likely N-dealkylation sites (tertiary alicyclic amines) is 1. The molecule has 0 spiro atoms. The van der Waals surface area contributed by atoms with E-state index in [1.807, 2.05) is 25.7 Å². The summed E-state index contributed by atoms with van der Waals surface area (Å²) < 4.78 is 34.4. The average Bonchev–Trinajstić information content (AvgIpc) is 2.95. The van der Waals surface area contributed by atoms with Crippen molar-refractivity contribution in [2.75, 3.05) is 51.7 Å². The predicted octanol–water partition coefficient (Wildman–Crippen LogP) is 4.93. The number of carbonyl (C=O) groups is 1. The van der Waals surface area contributed by atoms with E-state index in [9.17, 15) is 19.0 Å². The van der Waals surface area contributed by atoms with Gasteiger partial charge in [0.05, 0.1) is 6.54 Å². The Morgan fingerprint density at radius 2 is 1.90 bits per heavy atom. The standard InChI is InChI=1S/C31H45F2N7O2/c1-31(2,3)42-30(41)39-14-10-26(37-22-8-12-38(5)13-9-22)25(19-39)29(35)40-11-6-7-20-15-23(21(17-34)18-36-4)24(28(32)33)16-27(20)40/h15-18,22,28,35,37H,6-14,19,34H2,1-5H3. The van der Waals surface area contributed by atoms with Gasteiger partial charge in [-0.1, -0.05) is 0 Å². The molecule has 3 aliphatic heterocycles. The quantitative estimate of drug-likeness (QED) is 0.323. The molecule has 4 rings (SSSR count). The molecule has 1 saturated heterocycles. The second-order valence-corrected chi connectivity index (χ2v) is 12.3. The maximum atomic E-state index is 14.4. The first kappa shape index (κ1) is 31.5. The van der Waals surface area contributed by atoms with Gasteiger partial charge in [-0.15, -0.1) is 0 Å². The number of piperidine rings is 1. The minimum Gasteiger partial charge on any atom is -0.444 e. The number of nitrogens with one attached hydrogen (secondary N) is 2. The second kappa shape index (κ2) is 13.2. The van der Waals surface area contributed by atoms with Gasteiger partial charge in [-0.2, -0.15) is 0 Å². The number of benzene rings is 1. The molecular weight excluding hydrogens is 540 g/mol. The van der Waals surface area contributed by atoms with Gasteiger partial charge in [-0.3, -0.25) is 10.4 Å². The highest BCUT2D eigenvalue weighted by Gasteiger charge is 2.33. The lowest BCUT2D eigenvalue weighted by atomic mass is 9.91. The number of fused-ring (bicyclic) bond motifs is 1. The van der Waals surface area contributed by atoms with Gasteiger partial charge in [0.15, 0.2) is 0 Å². The van der Waals surface area contributed by atoms with Crippen LogP contribution in [0.25, 0.3) is 5.57 Å². The van der Waals surface area contributed by atoms with Crippen molar-refractivity contribution in [1.82, 2.24) is 15.1 Å². The van der Waals surface area contributed by atoms with Crippen molar-refractivity contribution in [3.63, 3.8) is 0 Å². The number of aryl methyl sites for hydroxylation is 1. The fourth-order valence-electron chi connectivity index (χ4n) is 5.84. The molecule has 3 heterocycles. The number of hydrogen-bond donors (Lipinski definition) is 3. The zero-order valence-electron chi connectivity index (χ0n) is 25.5. The van der Waals surface area contributed by atoms with Crippen molar-refractivity contribution in [2.45, 2.75) is 70.9 Å². The topological polar surface area (TPSA) is 110 Å². The van der Waals surface area contributed by atoms with Crippen LogP contribution in [0.5, 0.6) is 0 Å². The number of amides is 1. The van der Waals surface area contributed by atoms with Crippen molar-refractivity contribution in [2.24, 2.45) is 10.7 Å². The molecule has 1 fully saturated rings. The molecule has 0 saturated carbocycles. The van der Waals surface area contributed by atoms with Crippen LogP contribution in [0.4, 0.5) is 19.3 Å². The van der Waals surface area contributed by atoms with Crippen LogP contribution in [0.3, 0.4) is 0 Å². The molecule has 0 bridgehead atoms. The van der Waals surface area contributed by atoms with Crippen LogP contribution in [0.15, 0.2) is 34.6 Å². The third-order valence-corrected chi connectivity index (χ3v) is 8.01. The van der Waals surface area contributed by atoms with E-state index in [4.69, 9.17) is 10.5 Å². The van der Waals surface area contributed by atoms with Gasteiger partial charge in [0.2, 0.25) is 0 Å². The Bertz CT molecular complexity index is 1260. The number of anilines is 1. The molecule has 9 nitrogen and oxygen atoms in total. The number of ether oxygens (including phenoxy) is 1. The molecule has 42 heavy (non-hydrogen) atoms. The molecule has 1 amide bonds. The van der Waals surface area contributed by atoms with E-state index in [-0.39, 0.29) is 24.0 Å². The van der Waals surface area contributed by atoms with Gasteiger partial charge < -0.3 is 30.5 Å². The third kappa shape index (κ3) is 7.29. The highest BCUT2D eigenvalue weighted by Crippen LogP contribution is 2.38. The normalized spacial score (nSPS) is 19.5. The van der Waals surface area contributed by atoms with E-state index in [0.717, 1.165) is 43.6 Å². The number of nitrogens with two attached hydrogens (primary N) is 1. The fourth-order valence-corrected chi connectivity index (χ4v) is 5.84. The van der Waals surface area contributed by atoms with Gasteiger partial charge in [-0.25, -0.2) is 13.6 Å². The van der Waals surface area contributed by atoms with E-state index in [0.29, 0.717) is 48.3 Å². The Morgan fingerprint density at radius 3 is 2.52 bits per heavy atom. The lowest BCUT2D eigenvalue weighted by molar-refractivity contribution is 0.0260. The van der Waals surface area contributed by atoms with E-state index < -0.39 is 18.1 Å². The van der Waals surface area contributed by atoms with Gasteiger partial charge >= 0.3 is 6.09 Å². The van der Waals surface area contributed by atoms with Gasteiger partial charge in [-0.05, 0) is 89.9 Å². The molecule has 11 heteroatoms. The molecule has 3 aliphatic rings. The first-order valence-electron chi connectivity index (χ1n) is 14.7. The molecule has 0 aliphatic carbocycles. The number of nitrogens with zero attached hydrogens (tertiary/aromatic N) is 4. The zero-order chi connectivity index (χ0) is 30.6. The first-order chi connectivity index (χ1) is 19.9. The second-order valence-electron chi connectivity index (χ2n) is 12.3. The predicted molar refractivity (Wildman–Crippen MR) is 164 cm³/mol. The summed E-state index contributed by atoms with van der Waals surface area (Å²) in [5.41, 5.74) is 8.87. The number of rotatable bonds is 6. The molecule has 1 aromatic carbocycles. The van der Waals surface area contributed by atoms with Crippen molar-refractivity contribution in [3.05, 3.63) is 46.3 Å². The van der Waals surface area contributed by atoms with Gasteiger partial charge in [0.1, 0.15) is 11.4 Å². The molecule has 0 aromatic heterocycles. The van der Waals surface area contributed by atoms with Crippen molar-refractivity contribution >= 4 is 29.4 Å². The minimum absolute atomic E-state index is 0.150. The highest BCUT2D eigenvalue weighted by atomic mass is 19.3. The lowest BCUT2D eigenvalue weighted by Gasteiger charge is -2.39. The molecule has 1 aromatic rings. The van der Waals surface area contributed by atoms with Crippen LogP contribution in [0, 0.1) is 5.41 Å². The Balaban J connectivity index is 1.72. The lowest BCUT2D eigenvalue weighted by Crippen LogP contribution is -2.48. The number of allylic oxidation sites excluding steroid dienone is 1. The van der Waals surface area contributed by atoms with Crippen molar-refractivity contribution < 1.29 is 18.3 Å². The fraction of sp³-hybridized carbons (Fsp3) is 0.581. The van der Waals surface area contributed by atoms with Crippen LogP contribution < -0.4 is 16.0 Å². The van der Waals surface area contributed by atoms with Gasteiger partial charge in [0.25, 0.3) is 6.43 Å². The maximum Gasteiger partial charge on any atom is 0.410 e. The maximum absolute atomic E-state index is 14.4. The number of amidine groups is 1. The molecular formula is C31H45F2N7O2. The Hall–Kier alpha value is -3.47. The zero-order valence-corrected chi connectivity index (χ0v) is 25.5. The highest BCUT2D eigenvalue weighted by molar-refractivity contribution is 6.12. The van der Waals surface area contributed by atoms with E-state index in [1.165, 1.54) is 18.5 Å². The summed E-state index contributed by atoms with van der Waals surface area (Å²) in [6.07, 6.45) is 3.61. The van der Waals surface area contributed by atoms with Crippen molar-refractivity contribution in [3.8, 4) is 0 Å². The molecule has 0 unspecified atom stereocenters.